The molecule has 0 aliphatic carbocycles. The van der Waals surface area contributed by atoms with E-state index < -0.39 is 0 Å². The standard InChI is InChI=1S/C11H17NO2/c1-2-14-10-5-3-4-9(8-10)11(12)6-7-13/h3-5,8,11,13H,2,6-7,12H2,1H3/t11-/m1/s1. The summed E-state index contributed by atoms with van der Waals surface area (Å²) in [6.07, 6.45) is 0.579. The highest BCUT2D eigenvalue weighted by Crippen LogP contribution is 2.19. The first-order valence-corrected chi connectivity index (χ1v) is 4.87. The van der Waals surface area contributed by atoms with Gasteiger partial charge in [-0.2, -0.15) is 0 Å². The summed E-state index contributed by atoms with van der Waals surface area (Å²) >= 11 is 0. The fourth-order valence-corrected chi connectivity index (χ4v) is 1.31. The molecule has 0 bridgehead atoms. The molecule has 3 N–H and O–H groups in total. The Morgan fingerprint density at radius 2 is 2.29 bits per heavy atom. The highest BCUT2D eigenvalue weighted by atomic mass is 16.5. The van der Waals surface area contributed by atoms with Crippen molar-refractivity contribution in [3.63, 3.8) is 0 Å². The van der Waals surface area contributed by atoms with Crippen LogP contribution in [0.3, 0.4) is 0 Å². The molecule has 0 radical (unpaired) electrons. The van der Waals surface area contributed by atoms with Gasteiger partial charge in [-0.3, -0.25) is 0 Å². The molecule has 3 heteroatoms. The molecule has 1 atom stereocenters. The number of rotatable bonds is 5. The summed E-state index contributed by atoms with van der Waals surface area (Å²) in [5.74, 6) is 0.832. The number of ether oxygens (including phenoxy) is 1. The van der Waals surface area contributed by atoms with Crippen molar-refractivity contribution in [1.82, 2.24) is 0 Å². The Balaban J connectivity index is 2.71. The SMILES string of the molecule is CCOc1cccc([C@H](N)CCO)c1. The molecule has 0 amide bonds. The van der Waals surface area contributed by atoms with Gasteiger partial charge in [0, 0.05) is 12.6 Å². The van der Waals surface area contributed by atoms with Crippen LogP contribution in [0.1, 0.15) is 24.9 Å². The van der Waals surface area contributed by atoms with Crippen molar-refractivity contribution in [1.29, 1.82) is 0 Å². The van der Waals surface area contributed by atoms with Gasteiger partial charge in [-0.15, -0.1) is 0 Å². The van der Waals surface area contributed by atoms with Crippen LogP contribution in [0, 0.1) is 0 Å². The second kappa shape index (κ2) is 5.62. The molecule has 1 aromatic carbocycles. The quantitative estimate of drug-likeness (QED) is 0.748. The minimum absolute atomic E-state index is 0.111. The third-order valence-corrected chi connectivity index (χ3v) is 2.04. The molecule has 0 spiro atoms. The van der Waals surface area contributed by atoms with Crippen molar-refractivity contribution in [2.75, 3.05) is 13.2 Å². The zero-order valence-corrected chi connectivity index (χ0v) is 8.44. The normalized spacial score (nSPS) is 12.5. The summed E-state index contributed by atoms with van der Waals surface area (Å²) in [6.45, 7) is 2.71. The molecule has 0 saturated heterocycles. The van der Waals surface area contributed by atoms with Gasteiger partial charge in [-0.05, 0) is 31.0 Å². The first kappa shape index (κ1) is 11.0. The molecule has 0 fully saturated rings. The van der Waals surface area contributed by atoms with Gasteiger partial charge in [0.25, 0.3) is 0 Å². The molecule has 0 saturated carbocycles. The predicted octanol–water partition coefficient (Wildman–Crippen LogP) is 1.47. The first-order valence-electron chi connectivity index (χ1n) is 4.87. The van der Waals surface area contributed by atoms with E-state index in [0.29, 0.717) is 13.0 Å². The lowest BCUT2D eigenvalue weighted by atomic mass is 10.1. The van der Waals surface area contributed by atoms with E-state index in [2.05, 4.69) is 0 Å². The van der Waals surface area contributed by atoms with Gasteiger partial charge in [0.2, 0.25) is 0 Å². The van der Waals surface area contributed by atoms with Crippen LogP contribution in [0.4, 0.5) is 0 Å². The highest BCUT2D eigenvalue weighted by molar-refractivity contribution is 5.30. The first-order chi connectivity index (χ1) is 6.77. The zero-order valence-electron chi connectivity index (χ0n) is 8.44. The largest absolute Gasteiger partial charge is 0.494 e. The van der Waals surface area contributed by atoms with Crippen LogP contribution in [0.15, 0.2) is 24.3 Å². The van der Waals surface area contributed by atoms with Gasteiger partial charge in [0.1, 0.15) is 5.75 Å². The van der Waals surface area contributed by atoms with Crippen LogP contribution in [-0.2, 0) is 0 Å². The van der Waals surface area contributed by atoms with Crippen LogP contribution < -0.4 is 10.5 Å². The Morgan fingerprint density at radius 3 is 2.93 bits per heavy atom. The molecule has 14 heavy (non-hydrogen) atoms. The maximum absolute atomic E-state index is 8.76. The average molecular weight is 195 g/mol. The third-order valence-electron chi connectivity index (χ3n) is 2.04. The average Bonchev–Trinajstić information content (AvgIpc) is 2.19. The Hall–Kier alpha value is -1.06. The van der Waals surface area contributed by atoms with E-state index in [9.17, 15) is 0 Å². The van der Waals surface area contributed by atoms with Crippen molar-refractivity contribution in [3.8, 4) is 5.75 Å². The van der Waals surface area contributed by atoms with Gasteiger partial charge >= 0.3 is 0 Å². The van der Waals surface area contributed by atoms with Gasteiger partial charge in [0.15, 0.2) is 0 Å². The summed E-state index contributed by atoms with van der Waals surface area (Å²) in [7, 11) is 0. The summed E-state index contributed by atoms with van der Waals surface area (Å²) in [5, 5.41) is 8.76. The van der Waals surface area contributed by atoms with Crippen molar-refractivity contribution in [2.24, 2.45) is 5.73 Å². The maximum atomic E-state index is 8.76. The number of aliphatic hydroxyl groups excluding tert-OH is 1. The summed E-state index contributed by atoms with van der Waals surface area (Å²) < 4.78 is 5.36. The van der Waals surface area contributed by atoms with Crippen molar-refractivity contribution in [2.45, 2.75) is 19.4 Å². The fourth-order valence-electron chi connectivity index (χ4n) is 1.31. The lowest BCUT2D eigenvalue weighted by Gasteiger charge is -2.11. The zero-order chi connectivity index (χ0) is 10.4. The Bertz CT molecular complexity index is 276. The van der Waals surface area contributed by atoms with Crippen molar-refractivity contribution < 1.29 is 9.84 Å². The number of benzene rings is 1. The Kier molecular flexibility index (Phi) is 4.43. The van der Waals surface area contributed by atoms with Crippen LogP contribution in [0.25, 0.3) is 0 Å². The molecule has 0 aliphatic heterocycles. The van der Waals surface area contributed by atoms with Crippen molar-refractivity contribution in [3.05, 3.63) is 29.8 Å². The Labute approximate surface area is 84.5 Å². The topological polar surface area (TPSA) is 55.5 Å². The van der Waals surface area contributed by atoms with Crippen LogP contribution in [0.2, 0.25) is 0 Å². The second-order valence-corrected chi connectivity index (χ2v) is 3.12. The van der Waals surface area contributed by atoms with Crippen molar-refractivity contribution >= 4 is 0 Å². The van der Waals surface area contributed by atoms with Gasteiger partial charge in [0.05, 0.1) is 6.61 Å². The number of aliphatic hydroxyl groups is 1. The number of hydrogen-bond donors (Lipinski definition) is 2. The van der Waals surface area contributed by atoms with E-state index in [1.165, 1.54) is 0 Å². The van der Waals surface area contributed by atoms with E-state index in [0.717, 1.165) is 11.3 Å². The third kappa shape index (κ3) is 3.01. The minimum Gasteiger partial charge on any atom is -0.494 e. The molecular weight excluding hydrogens is 178 g/mol. The van der Waals surface area contributed by atoms with Crippen LogP contribution in [-0.4, -0.2) is 18.3 Å². The highest BCUT2D eigenvalue weighted by Gasteiger charge is 2.05. The smallest absolute Gasteiger partial charge is 0.119 e. The molecule has 0 heterocycles. The summed E-state index contributed by atoms with van der Waals surface area (Å²) in [6, 6.07) is 7.57. The van der Waals surface area contributed by atoms with E-state index in [1.54, 1.807) is 0 Å². The molecular formula is C11H17NO2. The van der Waals surface area contributed by atoms with E-state index in [1.807, 2.05) is 31.2 Å². The van der Waals surface area contributed by atoms with E-state index in [-0.39, 0.29) is 12.6 Å². The minimum atomic E-state index is -0.111. The predicted molar refractivity (Wildman–Crippen MR) is 56.2 cm³/mol. The lowest BCUT2D eigenvalue weighted by molar-refractivity contribution is 0.276. The molecule has 1 rings (SSSR count). The summed E-state index contributed by atoms with van der Waals surface area (Å²) in [4.78, 5) is 0. The van der Waals surface area contributed by atoms with Crippen LogP contribution in [0.5, 0.6) is 5.75 Å². The Morgan fingerprint density at radius 1 is 1.50 bits per heavy atom. The molecule has 78 valence electrons. The molecule has 0 aromatic heterocycles. The fraction of sp³-hybridized carbons (Fsp3) is 0.455. The molecule has 1 aromatic rings. The number of nitrogens with two attached hydrogens (primary N) is 1. The van der Waals surface area contributed by atoms with E-state index in [4.69, 9.17) is 15.6 Å². The molecule has 0 unspecified atom stereocenters. The second-order valence-electron chi connectivity index (χ2n) is 3.12. The summed E-state index contributed by atoms with van der Waals surface area (Å²) in [5.41, 5.74) is 6.86. The van der Waals surface area contributed by atoms with E-state index >= 15 is 0 Å². The van der Waals surface area contributed by atoms with Crippen LogP contribution >= 0.6 is 0 Å². The van der Waals surface area contributed by atoms with Gasteiger partial charge < -0.3 is 15.6 Å². The molecule has 3 nitrogen and oxygen atoms in total. The maximum Gasteiger partial charge on any atom is 0.119 e. The lowest BCUT2D eigenvalue weighted by Crippen LogP contribution is -2.11. The molecule has 0 aliphatic rings. The van der Waals surface area contributed by atoms with Gasteiger partial charge in [-0.25, -0.2) is 0 Å². The number of hydrogen-bond acceptors (Lipinski definition) is 3. The monoisotopic (exact) mass is 195 g/mol. The van der Waals surface area contributed by atoms with Gasteiger partial charge in [-0.1, -0.05) is 12.1 Å².